The Hall–Kier alpha value is -1.59. The Labute approximate surface area is 100 Å². The molecule has 0 saturated heterocycles. The Bertz CT molecular complexity index is 489. The average molecular weight is 262 g/mol. The molecule has 1 fully saturated rings. The largest absolute Gasteiger partial charge is 0.481 e. The molecule has 1 aliphatic rings. The number of rotatable bonds is 3. The first-order valence-corrected chi connectivity index (χ1v) is 5.34. The molecule has 0 amide bonds. The number of carbonyl (C=O) groups is 1. The Kier molecular flexibility index (Phi) is 2.83. The van der Waals surface area contributed by atoms with Crippen molar-refractivity contribution in [2.24, 2.45) is 0 Å². The van der Waals surface area contributed by atoms with Crippen LogP contribution in [0.5, 0.6) is 0 Å². The van der Waals surface area contributed by atoms with Crippen molar-refractivity contribution in [1.82, 2.24) is 0 Å². The Morgan fingerprint density at radius 3 is 2.39 bits per heavy atom. The van der Waals surface area contributed by atoms with Crippen molar-refractivity contribution in [2.45, 2.75) is 30.9 Å². The van der Waals surface area contributed by atoms with E-state index in [1.54, 1.807) is 0 Å². The van der Waals surface area contributed by atoms with Gasteiger partial charge in [-0.1, -0.05) is 6.07 Å². The molecule has 1 N–H and O–H groups in total. The van der Waals surface area contributed by atoms with Gasteiger partial charge in [0, 0.05) is 11.0 Å². The zero-order valence-corrected chi connectivity index (χ0v) is 9.22. The predicted molar refractivity (Wildman–Crippen MR) is 54.6 cm³/mol. The van der Waals surface area contributed by atoms with E-state index >= 15 is 0 Å². The summed E-state index contributed by atoms with van der Waals surface area (Å²) in [6.45, 7) is 0. The smallest absolute Gasteiger partial charge is 0.416 e. The second kappa shape index (κ2) is 3.96. The molecule has 0 heterocycles. The van der Waals surface area contributed by atoms with Gasteiger partial charge < -0.3 is 5.11 Å². The Morgan fingerprint density at radius 2 is 1.94 bits per heavy atom. The topological polar surface area (TPSA) is 37.3 Å². The maximum Gasteiger partial charge on any atom is 0.416 e. The molecule has 2 nitrogen and oxygen atoms in total. The first kappa shape index (κ1) is 12.9. The lowest BCUT2D eigenvalue weighted by Crippen LogP contribution is -2.21. The van der Waals surface area contributed by atoms with Gasteiger partial charge in [0.2, 0.25) is 0 Å². The van der Waals surface area contributed by atoms with E-state index in [1.165, 1.54) is 0 Å². The quantitative estimate of drug-likeness (QED) is 0.848. The molecule has 18 heavy (non-hydrogen) atoms. The highest BCUT2D eigenvalue weighted by molar-refractivity contribution is 5.70. The summed E-state index contributed by atoms with van der Waals surface area (Å²) in [5.74, 6) is -2.20. The van der Waals surface area contributed by atoms with E-state index in [0.717, 1.165) is 18.2 Å². The zero-order valence-electron chi connectivity index (χ0n) is 9.22. The van der Waals surface area contributed by atoms with Crippen molar-refractivity contribution in [2.75, 3.05) is 0 Å². The summed E-state index contributed by atoms with van der Waals surface area (Å²) in [5.41, 5.74) is -2.76. The second-order valence-corrected chi connectivity index (χ2v) is 4.51. The summed E-state index contributed by atoms with van der Waals surface area (Å²) >= 11 is 0. The minimum atomic E-state index is -4.68. The fourth-order valence-electron chi connectivity index (χ4n) is 2.25. The molecule has 0 atom stereocenters. The van der Waals surface area contributed by atoms with Crippen LogP contribution in [0.2, 0.25) is 0 Å². The average Bonchev–Trinajstić information content (AvgIpc) is 2.95. The third-order valence-electron chi connectivity index (χ3n) is 3.19. The fourth-order valence-corrected chi connectivity index (χ4v) is 2.25. The molecule has 0 aromatic heterocycles. The molecular formula is C12H10F4O2. The molecule has 1 aromatic carbocycles. The van der Waals surface area contributed by atoms with Gasteiger partial charge in [-0.05, 0) is 25.0 Å². The van der Waals surface area contributed by atoms with Crippen LogP contribution in [0.1, 0.15) is 30.4 Å². The van der Waals surface area contributed by atoms with Crippen LogP contribution in [0, 0.1) is 5.82 Å². The number of hydrogen-bond acceptors (Lipinski definition) is 1. The lowest BCUT2D eigenvalue weighted by molar-refractivity contribution is -0.141. The van der Waals surface area contributed by atoms with Crippen molar-refractivity contribution < 1.29 is 27.5 Å². The molecule has 0 unspecified atom stereocenters. The molecule has 6 heteroatoms. The minimum absolute atomic E-state index is 0.267. The van der Waals surface area contributed by atoms with Gasteiger partial charge in [0.15, 0.2) is 0 Å². The van der Waals surface area contributed by atoms with Gasteiger partial charge in [-0.15, -0.1) is 0 Å². The number of halogens is 4. The molecule has 0 radical (unpaired) electrons. The van der Waals surface area contributed by atoms with Crippen LogP contribution in [0.25, 0.3) is 0 Å². The molecule has 1 aliphatic carbocycles. The van der Waals surface area contributed by atoms with Crippen LogP contribution in [0.3, 0.4) is 0 Å². The summed E-state index contributed by atoms with van der Waals surface area (Å²) in [6.07, 6.45) is -4.62. The second-order valence-electron chi connectivity index (χ2n) is 4.51. The molecule has 0 aliphatic heterocycles. The van der Waals surface area contributed by atoms with Crippen LogP contribution >= 0.6 is 0 Å². The van der Waals surface area contributed by atoms with Gasteiger partial charge in [-0.25, -0.2) is 4.39 Å². The van der Waals surface area contributed by atoms with Gasteiger partial charge in [-0.2, -0.15) is 13.2 Å². The first-order chi connectivity index (χ1) is 8.26. The van der Waals surface area contributed by atoms with Gasteiger partial charge in [0.05, 0.1) is 12.0 Å². The van der Waals surface area contributed by atoms with Crippen LogP contribution < -0.4 is 0 Å². The number of carboxylic acids is 1. The molecule has 98 valence electrons. The third-order valence-corrected chi connectivity index (χ3v) is 3.19. The maximum atomic E-state index is 13.7. The first-order valence-electron chi connectivity index (χ1n) is 5.34. The number of hydrogen-bond donors (Lipinski definition) is 1. The number of alkyl halides is 3. The maximum absolute atomic E-state index is 13.7. The molecule has 1 saturated carbocycles. The normalized spacial score (nSPS) is 17.6. The fraction of sp³-hybridized carbons (Fsp3) is 0.417. The Morgan fingerprint density at radius 1 is 1.33 bits per heavy atom. The molecular weight excluding hydrogens is 252 g/mol. The third kappa shape index (κ3) is 2.19. The Balaban J connectivity index is 2.53. The van der Waals surface area contributed by atoms with Crippen molar-refractivity contribution in [3.63, 3.8) is 0 Å². The molecule has 0 bridgehead atoms. The van der Waals surface area contributed by atoms with E-state index < -0.39 is 40.9 Å². The summed E-state index contributed by atoms with van der Waals surface area (Å²) < 4.78 is 52.1. The minimum Gasteiger partial charge on any atom is -0.481 e. The van der Waals surface area contributed by atoms with Crippen molar-refractivity contribution in [3.8, 4) is 0 Å². The highest BCUT2D eigenvalue weighted by atomic mass is 19.4. The van der Waals surface area contributed by atoms with E-state index in [-0.39, 0.29) is 12.8 Å². The van der Waals surface area contributed by atoms with E-state index in [4.69, 9.17) is 5.11 Å². The molecule has 2 rings (SSSR count). The van der Waals surface area contributed by atoms with E-state index in [0.29, 0.717) is 0 Å². The summed E-state index contributed by atoms with van der Waals surface area (Å²) in [6, 6.07) is 2.71. The van der Waals surface area contributed by atoms with Crippen LogP contribution in [0.15, 0.2) is 18.2 Å². The van der Waals surface area contributed by atoms with E-state index in [1.807, 2.05) is 0 Å². The molecule has 0 spiro atoms. The monoisotopic (exact) mass is 262 g/mol. The summed E-state index contributed by atoms with van der Waals surface area (Å²) in [4.78, 5) is 10.7. The number of carboxylic acid groups (broad SMARTS) is 1. The van der Waals surface area contributed by atoms with Crippen molar-refractivity contribution in [1.29, 1.82) is 0 Å². The summed E-state index contributed by atoms with van der Waals surface area (Å²) in [7, 11) is 0. The lowest BCUT2D eigenvalue weighted by atomic mass is 9.87. The van der Waals surface area contributed by atoms with Crippen molar-refractivity contribution in [3.05, 3.63) is 35.1 Å². The van der Waals surface area contributed by atoms with E-state index in [9.17, 15) is 22.4 Å². The van der Waals surface area contributed by atoms with Gasteiger partial charge in [-0.3, -0.25) is 4.79 Å². The SMILES string of the molecule is O=C(O)CC1(c2c(F)cccc2C(F)(F)F)CC1. The highest BCUT2D eigenvalue weighted by Crippen LogP contribution is 2.54. The summed E-state index contributed by atoms with van der Waals surface area (Å²) in [5, 5.41) is 8.73. The standard InChI is InChI=1S/C12H10F4O2/c13-8-3-1-2-7(12(14,15)16)10(8)11(4-5-11)6-9(17)18/h1-3H,4-6H2,(H,17,18). The van der Waals surface area contributed by atoms with Crippen LogP contribution in [0.4, 0.5) is 17.6 Å². The van der Waals surface area contributed by atoms with Crippen molar-refractivity contribution >= 4 is 5.97 Å². The number of aliphatic carboxylic acids is 1. The lowest BCUT2D eigenvalue weighted by Gasteiger charge is -2.20. The number of benzene rings is 1. The van der Waals surface area contributed by atoms with Gasteiger partial charge in [0.25, 0.3) is 0 Å². The zero-order chi connectivity index (χ0) is 13.6. The van der Waals surface area contributed by atoms with Gasteiger partial charge >= 0.3 is 12.1 Å². The van der Waals surface area contributed by atoms with Crippen LogP contribution in [-0.2, 0) is 16.4 Å². The van der Waals surface area contributed by atoms with E-state index in [2.05, 4.69) is 0 Å². The predicted octanol–water partition coefficient (Wildman–Crippen LogP) is 3.35. The highest BCUT2D eigenvalue weighted by Gasteiger charge is 2.52. The molecule has 1 aromatic rings. The van der Waals surface area contributed by atoms with Crippen LogP contribution in [-0.4, -0.2) is 11.1 Å². The van der Waals surface area contributed by atoms with Gasteiger partial charge in [0.1, 0.15) is 5.82 Å².